The molecule has 0 saturated carbocycles. The van der Waals surface area contributed by atoms with Gasteiger partial charge in [0.1, 0.15) is 5.82 Å². The van der Waals surface area contributed by atoms with Crippen molar-refractivity contribution in [1.82, 2.24) is 0 Å². The summed E-state index contributed by atoms with van der Waals surface area (Å²) in [5.74, 6) is 2.15. The Morgan fingerprint density at radius 3 is 2.00 bits per heavy atom. The van der Waals surface area contributed by atoms with E-state index in [4.69, 9.17) is 0 Å². The van der Waals surface area contributed by atoms with Crippen LogP contribution in [0.2, 0.25) is 0 Å². The summed E-state index contributed by atoms with van der Waals surface area (Å²) in [7, 11) is 0. The van der Waals surface area contributed by atoms with Crippen LogP contribution in [0.4, 0.5) is 17.6 Å². The Balaban J connectivity index is 2.43. The van der Waals surface area contributed by atoms with Crippen LogP contribution in [-0.2, 0) is 6.42 Å². The van der Waals surface area contributed by atoms with Gasteiger partial charge in [-0.2, -0.15) is 13.2 Å². The first-order valence-electron chi connectivity index (χ1n) is 10.5. The Labute approximate surface area is 168 Å². The molecule has 0 bridgehead atoms. The first kappa shape index (κ1) is 24.7. The summed E-state index contributed by atoms with van der Waals surface area (Å²) >= 11 is 0. The predicted octanol–water partition coefficient (Wildman–Crippen LogP) is 8.46. The van der Waals surface area contributed by atoms with Gasteiger partial charge in [-0.05, 0) is 54.2 Å². The molecule has 1 aromatic carbocycles. The van der Waals surface area contributed by atoms with Crippen LogP contribution in [0.1, 0.15) is 77.8 Å². The number of hydrogen-bond acceptors (Lipinski definition) is 0. The van der Waals surface area contributed by atoms with Crippen molar-refractivity contribution in [2.45, 2.75) is 79.3 Å². The Morgan fingerprint density at radius 2 is 1.46 bits per heavy atom. The monoisotopic (exact) mass is 400 g/mol. The van der Waals surface area contributed by atoms with Crippen molar-refractivity contribution in [3.8, 4) is 0 Å². The van der Waals surface area contributed by atoms with Crippen LogP contribution in [0.15, 0.2) is 24.3 Å². The lowest BCUT2D eigenvalue weighted by Gasteiger charge is -2.22. The molecule has 1 rings (SSSR count). The molecule has 0 saturated heterocycles. The van der Waals surface area contributed by atoms with E-state index < -0.39 is 12.0 Å². The standard InChI is InChI=1S/C24H36F4/c1-17(2)6-9-19(4)20(5)10-7-18(3)8-11-21-12-13-22(23(25)16-21)14-15-24(26,27)28/h12-20H,6-11H2,1-5H3/b15-14+. The van der Waals surface area contributed by atoms with E-state index >= 15 is 0 Å². The van der Waals surface area contributed by atoms with Crippen LogP contribution in [0.5, 0.6) is 0 Å². The number of aryl methyl sites for hydroxylation is 1. The van der Waals surface area contributed by atoms with Crippen LogP contribution in [0.25, 0.3) is 6.08 Å². The van der Waals surface area contributed by atoms with Crippen molar-refractivity contribution >= 4 is 6.08 Å². The van der Waals surface area contributed by atoms with Gasteiger partial charge in [0.15, 0.2) is 0 Å². The summed E-state index contributed by atoms with van der Waals surface area (Å²) in [6, 6.07) is 4.51. The van der Waals surface area contributed by atoms with Gasteiger partial charge < -0.3 is 0 Å². The average Bonchev–Trinajstić information content (AvgIpc) is 2.60. The number of benzene rings is 1. The van der Waals surface area contributed by atoms with Gasteiger partial charge in [0.05, 0.1) is 0 Å². The number of halogens is 4. The van der Waals surface area contributed by atoms with E-state index in [0.717, 1.165) is 42.7 Å². The van der Waals surface area contributed by atoms with E-state index in [1.165, 1.54) is 31.4 Å². The van der Waals surface area contributed by atoms with Crippen LogP contribution >= 0.6 is 0 Å². The highest BCUT2D eigenvalue weighted by Gasteiger charge is 2.22. The second kappa shape index (κ2) is 11.6. The Morgan fingerprint density at radius 1 is 0.857 bits per heavy atom. The molecule has 3 unspecified atom stereocenters. The van der Waals surface area contributed by atoms with Gasteiger partial charge >= 0.3 is 6.18 Å². The molecule has 0 spiro atoms. The summed E-state index contributed by atoms with van der Waals surface area (Å²) < 4.78 is 50.6. The summed E-state index contributed by atoms with van der Waals surface area (Å²) in [5.41, 5.74) is 0.810. The van der Waals surface area contributed by atoms with Gasteiger partial charge in [0, 0.05) is 11.6 Å². The smallest absolute Gasteiger partial charge is 0.206 e. The molecule has 0 amide bonds. The van der Waals surface area contributed by atoms with E-state index in [0.29, 0.717) is 11.8 Å². The van der Waals surface area contributed by atoms with Crippen molar-refractivity contribution in [2.24, 2.45) is 23.7 Å². The van der Waals surface area contributed by atoms with Gasteiger partial charge in [-0.3, -0.25) is 0 Å². The molecule has 160 valence electrons. The van der Waals surface area contributed by atoms with Crippen molar-refractivity contribution in [1.29, 1.82) is 0 Å². The molecule has 1 aromatic rings. The molecule has 4 heteroatoms. The number of rotatable bonds is 11. The fourth-order valence-corrected chi connectivity index (χ4v) is 3.32. The SMILES string of the molecule is CC(C)CCC(C)C(C)CCC(C)CCc1ccc(/C=C/C(F)(F)F)c(F)c1. The average molecular weight is 401 g/mol. The van der Waals surface area contributed by atoms with E-state index in [1.807, 2.05) is 0 Å². The van der Waals surface area contributed by atoms with E-state index in [9.17, 15) is 17.6 Å². The molecular formula is C24H36F4. The maximum Gasteiger partial charge on any atom is 0.409 e. The van der Waals surface area contributed by atoms with Crippen molar-refractivity contribution in [2.75, 3.05) is 0 Å². The van der Waals surface area contributed by atoms with Crippen molar-refractivity contribution in [3.05, 3.63) is 41.2 Å². The zero-order valence-electron chi connectivity index (χ0n) is 18.0. The fourth-order valence-electron chi connectivity index (χ4n) is 3.32. The number of alkyl halides is 3. The molecular weight excluding hydrogens is 364 g/mol. The third kappa shape index (κ3) is 10.3. The minimum Gasteiger partial charge on any atom is -0.206 e. The molecule has 0 aliphatic rings. The Kier molecular flexibility index (Phi) is 10.3. The fraction of sp³-hybridized carbons (Fsp3) is 0.667. The van der Waals surface area contributed by atoms with Gasteiger partial charge in [-0.15, -0.1) is 0 Å². The van der Waals surface area contributed by atoms with Gasteiger partial charge in [-0.1, -0.05) is 72.4 Å². The number of hydrogen-bond donors (Lipinski definition) is 0. The van der Waals surface area contributed by atoms with Crippen molar-refractivity contribution in [3.63, 3.8) is 0 Å². The third-order valence-corrected chi connectivity index (χ3v) is 5.73. The summed E-state index contributed by atoms with van der Waals surface area (Å²) in [4.78, 5) is 0. The van der Waals surface area contributed by atoms with Crippen LogP contribution in [-0.4, -0.2) is 6.18 Å². The normalized spacial score (nSPS) is 15.9. The molecule has 0 heterocycles. The molecule has 0 radical (unpaired) electrons. The first-order chi connectivity index (χ1) is 13.0. The Hall–Kier alpha value is -1.32. The second-order valence-corrected chi connectivity index (χ2v) is 8.88. The molecule has 0 aliphatic heterocycles. The lowest BCUT2D eigenvalue weighted by atomic mass is 9.84. The molecule has 28 heavy (non-hydrogen) atoms. The largest absolute Gasteiger partial charge is 0.409 e. The summed E-state index contributed by atoms with van der Waals surface area (Å²) in [6.07, 6.45) is 3.05. The maximum atomic E-state index is 14.0. The molecule has 0 fully saturated rings. The first-order valence-corrected chi connectivity index (χ1v) is 10.5. The quantitative estimate of drug-likeness (QED) is 0.327. The molecule has 0 aliphatic carbocycles. The number of allylic oxidation sites excluding steroid dienone is 1. The van der Waals surface area contributed by atoms with E-state index in [1.54, 1.807) is 6.07 Å². The topological polar surface area (TPSA) is 0 Å². The highest BCUT2D eigenvalue weighted by molar-refractivity contribution is 5.51. The van der Waals surface area contributed by atoms with E-state index in [-0.39, 0.29) is 11.6 Å². The van der Waals surface area contributed by atoms with Crippen molar-refractivity contribution < 1.29 is 17.6 Å². The highest BCUT2D eigenvalue weighted by atomic mass is 19.4. The zero-order valence-corrected chi connectivity index (χ0v) is 18.0. The Bertz CT molecular complexity index is 601. The minimum absolute atomic E-state index is 0.0293. The molecule has 0 nitrogen and oxygen atoms in total. The predicted molar refractivity (Wildman–Crippen MR) is 111 cm³/mol. The van der Waals surface area contributed by atoms with Gasteiger partial charge in [-0.25, -0.2) is 4.39 Å². The summed E-state index contributed by atoms with van der Waals surface area (Å²) in [5, 5.41) is 0. The van der Waals surface area contributed by atoms with Gasteiger partial charge in [0.2, 0.25) is 0 Å². The maximum absolute atomic E-state index is 14.0. The lowest BCUT2D eigenvalue weighted by Crippen LogP contribution is -2.11. The van der Waals surface area contributed by atoms with Crippen LogP contribution < -0.4 is 0 Å². The van der Waals surface area contributed by atoms with Gasteiger partial charge in [0.25, 0.3) is 0 Å². The minimum atomic E-state index is -4.43. The molecule has 3 atom stereocenters. The molecule has 0 N–H and O–H groups in total. The lowest BCUT2D eigenvalue weighted by molar-refractivity contribution is -0.0790. The second-order valence-electron chi connectivity index (χ2n) is 8.88. The summed E-state index contributed by atoms with van der Waals surface area (Å²) in [6.45, 7) is 11.4. The molecule has 0 aromatic heterocycles. The third-order valence-electron chi connectivity index (χ3n) is 5.73. The highest BCUT2D eigenvalue weighted by Crippen LogP contribution is 2.26. The van der Waals surface area contributed by atoms with Crippen LogP contribution in [0, 0.1) is 29.5 Å². The van der Waals surface area contributed by atoms with Crippen LogP contribution in [0.3, 0.4) is 0 Å². The zero-order chi connectivity index (χ0) is 21.3. The van der Waals surface area contributed by atoms with E-state index in [2.05, 4.69) is 34.6 Å².